The van der Waals surface area contributed by atoms with Gasteiger partial charge >= 0.3 is 5.97 Å². The predicted molar refractivity (Wildman–Crippen MR) is 129 cm³/mol. The first kappa shape index (κ1) is 22.6. The van der Waals surface area contributed by atoms with E-state index in [1.54, 1.807) is 4.90 Å². The summed E-state index contributed by atoms with van der Waals surface area (Å²) >= 11 is 0. The highest BCUT2D eigenvalue weighted by Gasteiger charge is 2.25. The topological polar surface area (TPSA) is 55.8 Å². The highest BCUT2D eigenvalue weighted by Crippen LogP contribution is 2.39. The standard InChI is InChI=1S/C28H29NO4/c1-32-28(31)20-33-26-17-9-15-24-21(10-8-16-25(24)26)18-19-27(30)29(22-11-4-2-5-12-22)23-13-6-3-7-14-23/h2-7,9,11-15,17,21H,8,10,16,18-20H2,1H3. The van der Waals surface area contributed by atoms with Crippen molar-refractivity contribution in [1.29, 1.82) is 0 Å². The third-order valence-corrected chi connectivity index (χ3v) is 6.15. The Morgan fingerprint density at radius 2 is 1.58 bits per heavy atom. The van der Waals surface area contributed by atoms with E-state index in [-0.39, 0.29) is 18.4 Å². The molecule has 4 rings (SSSR count). The zero-order chi connectivity index (χ0) is 23.0. The second-order valence-corrected chi connectivity index (χ2v) is 8.22. The van der Waals surface area contributed by atoms with Crippen LogP contribution in [0.25, 0.3) is 0 Å². The summed E-state index contributed by atoms with van der Waals surface area (Å²) in [6, 6.07) is 25.6. The number of anilines is 2. The van der Waals surface area contributed by atoms with Crippen molar-refractivity contribution in [2.75, 3.05) is 18.6 Å². The lowest BCUT2D eigenvalue weighted by Gasteiger charge is -2.28. The second-order valence-electron chi connectivity index (χ2n) is 8.22. The van der Waals surface area contributed by atoms with Gasteiger partial charge in [0.2, 0.25) is 5.91 Å². The van der Waals surface area contributed by atoms with Crippen molar-refractivity contribution in [2.45, 2.75) is 38.0 Å². The molecule has 5 heteroatoms. The number of fused-ring (bicyclic) bond motifs is 1. The lowest BCUT2D eigenvalue weighted by molar-refractivity contribution is -0.142. The lowest BCUT2D eigenvalue weighted by Crippen LogP contribution is -2.26. The van der Waals surface area contributed by atoms with Crippen LogP contribution in [0.1, 0.15) is 42.7 Å². The first-order valence-corrected chi connectivity index (χ1v) is 11.4. The van der Waals surface area contributed by atoms with Crippen LogP contribution in [0.4, 0.5) is 11.4 Å². The van der Waals surface area contributed by atoms with Gasteiger partial charge in [0.05, 0.1) is 7.11 Å². The molecule has 1 amide bonds. The van der Waals surface area contributed by atoms with E-state index in [9.17, 15) is 9.59 Å². The van der Waals surface area contributed by atoms with E-state index in [0.29, 0.717) is 6.42 Å². The third-order valence-electron chi connectivity index (χ3n) is 6.15. The van der Waals surface area contributed by atoms with Gasteiger partial charge in [-0.3, -0.25) is 9.69 Å². The van der Waals surface area contributed by atoms with Crippen molar-refractivity contribution in [3.63, 3.8) is 0 Å². The Kier molecular flexibility index (Phi) is 7.40. The van der Waals surface area contributed by atoms with Gasteiger partial charge in [0.1, 0.15) is 5.75 Å². The number of carbonyl (C=O) groups is 2. The largest absolute Gasteiger partial charge is 0.482 e. The Morgan fingerprint density at radius 1 is 0.909 bits per heavy atom. The average molecular weight is 444 g/mol. The van der Waals surface area contributed by atoms with Crippen LogP contribution in [0, 0.1) is 0 Å². The fourth-order valence-electron chi connectivity index (χ4n) is 4.54. The molecule has 0 N–H and O–H groups in total. The van der Waals surface area contributed by atoms with Crippen LogP contribution in [0.15, 0.2) is 78.9 Å². The number of rotatable bonds is 8. The van der Waals surface area contributed by atoms with Crippen molar-refractivity contribution in [3.8, 4) is 5.75 Å². The lowest BCUT2D eigenvalue weighted by atomic mass is 9.80. The molecule has 1 aliphatic carbocycles. The molecule has 170 valence electrons. The fraction of sp³-hybridized carbons (Fsp3) is 0.286. The molecule has 0 heterocycles. The van der Waals surface area contributed by atoms with Crippen molar-refractivity contribution in [2.24, 2.45) is 0 Å². The molecule has 0 bridgehead atoms. The molecular weight excluding hydrogens is 414 g/mol. The molecule has 3 aromatic rings. The fourth-order valence-corrected chi connectivity index (χ4v) is 4.54. The summed E-state index contributed by atoms with van der Waals surface area (Å²) in [6.45, 7) is -0.0980. The van der Waals surface area contributed by atoms with E-state index in [1.165, 1.54) is 12.7 Å². The van der Waals surface area contributed by atoms with Crippen LogP contribution in [0.5, 0.6) is 5.75 Å². The summed E-state index contributed by atoms with van der Waals surface area (Å²) in [5.41, 5.74) is 4.11. The van der Waals surface area contributed by atoms with Crippen LogP contribution in [-0.2, 0) is 20.7 Å². The third kappa shape index (κ3) is 5.43. The number of benzene rings is 3. The van der Waals surface area contributed by atoms with Gasteiger partial charge < -0.3 is 9.47 Å². The number of ether oxygens (including phenoxy) is 2. The van der Waals surface area contributed by atoms with E-state index < -0.39 is 5.97 Å². The molecule has 1 atom stereocenters. The maximum Gasteiger partial charge on any atom is 0.343 e. The first-order chi connectivity index (χ1) is 16.2. The van der Waals surface area contributed by atoms with Gasteiger partial charge in [-0.15, -0.1) is 0 Å². The van der Waals surface area contributed by atoms with Crippen LogP contribution >= 0.6 is 0 Å². The Bertz CT molecular complexity index is 1040. The number of amides is 1. The number of esters is 1. The van der Waals surface area contributed by atoms with Gasteiger partial charge in [0.15, 0.2) is 6.61 Å². The maximum absolute atomic E-state index is 13.4. The summed E-state index contributed by atoms with van der Waals surface area (Å²) in [5.74, 6) is 0.710. The summed E-state index contributed by atoms with van der Waals surface area (Å²) in [5, 5.41) is 0. The Morgan fingerprint density at radius 3 is 2.21 bits per heavy atom. The zero-order valence-electron chi connectivity index (χ0n) is 18.9. The minimum Gasteiger partial charge on any atom is -0.482 e. The number of hydrogen-bond donors (Lipinski definition) is 0. The van der Waals surface area contributed by atoms with Gasteiger partial charge in [-0.25, -0.2) is 4.79 Å². The smallest absolute Gasteiger partial charge is 0.343 e. The normalized spacial score (nSPS) is 14.8. The van der Waals surface area contributed by atoms with Crippen molar-refractivity contribution in [3.05, 3.63) is 90.0 Å². The van der Waals surface area contributed by atoms with E-state index in [4.69, 9.17) is 9.47 Å². The van der Waals surface area contributed by atoms with Gasteiger partial charge in [-0.2, -0.15) is 0 Å². The number of nitrogens with zero attached hydrogens (tertiary/aromatic N) is 1. The predicted octanol–water partition coefficient (Wildman–Crippen LogP) is 5.80. The molecule has 0 radical (unpaired) electrons. The number of carbonyl (C=O) groups excluding carboxylic acids is 2. The quantitative estimate of drug-likeness (QED) is 0.413. The maximum atomic E-state index is 13.4. The SMILES string of the molecule is COC(=O)COc1cccc2c1CCCC2CCC(=O)N(c1ccccc1)c1ccccc1. The van der Waals surface area contributed by atoms with Gasteiger partial charge in [0.25, 0.3) is 0 Å². The molecule has 0 spiro atoms. The second kappa shape index (κ2) is 10.8. The summed E-state index contributed by atoms with van der Waals surface area (Å²) in [4.78, 5) is 26.7. The van der Waals surface area contributed by atoms with Gasteiger partial charge in [-0.05, 0) is 73.1 Å². The Hall–Kier alpha value is -3.60. The van der Waals surface area contributed by atoms with Crippen molar-refractivity contribution < 1.29 is 19.1 Å². The molecule has 0 saturated heterocycles. The minimum atomic E-state index is -0.396. The highest BCUT2D eigenvalue weighted by molar-refractivity contribution is 6.00. The van der Waals surface area contributed by atoms with E-state index in [0.717, 1.165) is 48.4 Å². The van der Waals surface area contributed by atoms with Crippen LogP contribution in [-0.4, -0.2) is 25.6 Å². The summed E-state index contributed by atoms with van der Waals surface area (Å²) < 4.78 is 10.4. The van der Waals surface area contributed by atoms with Crippen LogP contribution < -0.4 is 9.64 Å². The number of methoxy groups -OCH3 is 1. The number of hydrogen-bond acceptors (Lipinski definition) is 4. The molecular formula is C28H29NO4. The molecule has 3 aromatic carbocycles. The molecule has 33 heavy (non-hydrogen) atoms. The average Bonchev–Trinajstić information content (AvgIpc) is 2.87. The highest BCUT2D eigenvalue weighted by atomic mass is 16.6. The summed E-state index contributed by atoms with van der Waals surface area (Å²) in [6.07, 6.45) is 4.20. The van der Waals surface area contributed by atoms with Crippen LogP contribution in [0.2, 0.25) is 0 Å². The zero-order valence-corrected chi connectivity index (χ0v) is 18.9. The molecule has 5 nitrogen and oxygen atoms in total. The van der Waals surface area contributed by atoms with Gasteiger partial charge in [-0.1, -0.05) is 48.5 Å². The van der Waals surface area contributed by atoms with Crippen molar-refractivity contribution >= 4 is 23.3 Å². The first-order valence-electron chi connectivity index (χ1n) is 11.4. The van der Waals surface area contributed by atoms with Crippen molar-refractivity contribution in [1.82, 2.24) is 0 Å². The minimum absolute atomic E-state index is 0.0811. The molecule has 0 aliphatic heterocycles. The molecule has 0 saturated carbocycles. The Balaban J connectivity index is 1.50. The van der Waals surface area contributed by atoms with E-state index >= 15 is 0 Å². The van der Waals surface area contributed by atoms with E-state index in [2.05, 4.69) is 6.07 Å². The summed E-state index contributed by atoms with van der Waals surface area (Å²) in [7, 11) is 1.35. The van der Waals surface area contributed by atoms with E-state index in [1.807, 2.05) is 72.8 Å². The molecule has 0 fully saturated rings. The number of para-hydroxylation sites is 2. The van der Waals surface area contributed by atoms with Gasteiger partial charge in [0, 0.05) is 17.8 Å². The molecule has 1 aliphatic rings. The monoisotopic (exact) mass is 443 g/mol. The molecule has 1 unspecified atom stereocenters. The molecule has 0 aromatic heterocycles. The van der Waals surface area contributed by atoms with Crippen LogP contribution in [0.3, 0.4) is 0 Å². The Labute approximate surface area is 194 Å².